The summed E-state index contributed by atoms with van der Waals surface area (Å²) in [6.45, 7) is 7.53. The van der Waals surface area contributed by atoms with Crippen LogP contribution in [0, 0.1) is 13.8 Å². The van der Waals surface area contributed by atoms with Crippen molar-refractivity contribution in [2.75, 3.05) is 13.3 Å². The number of fused-ring (bicyclic) bond motifs is 2. The van der Waals surface area contributed by atoms with Gasteiger partial charge in [-0.3, -0.25) is 4.79 Å². The third kappa shape index (κ3) is 3.25. The van der Waals surface area contributed by atoms with E-state index in [0.717, 1.165) is 39.2 Å². The topological polar surface area (TPSA) is 51.9 Å². The Balaban J connectivity index is 1.52. The van der Waals surface area contributed by atoms with Crippen LogP contribution in [0.2, 0.25) is 0 Å². The van der Waals surface area contributed by atoms with Crippen LogP contribution in [0.15, 0.2) is 41.0 Å². The molecule has 5 nitrogen and oxygen atoms in total. The third-order valence-electron chi connectivity index (χ3n) is 5.23. The Kier molecular flexibility index (Phi) is 4.52. The Bertz CT molecular complexity index is 1000. The molecule has 140 valence electrons. The first-order chi connectivity index (χ1) is 13.1. The van der Waals surface area contributed by atoms with E-state index < -0.39 is 0 Å². The number of likely N-dealkylation sites (N-methyl/N-ethyl adjacent to an activating group) is 1. The van der Waals surface area contributed by atoms with Crippen LogP contribution in [0.4, 0.5) is 0 Å². The van der Waals surface area contributed by atoms with E-state index in [9.17, 15) is 4.79 Å². The molecular weight excluding hydrogens is 342 g/mol. The van der Waals surface area contributed by atoms with Crippen molar-refractivity contribution in [3.8, 4) is 11.5 Å². The van der Waals surface area contributed by atoms with Gasteiger partial charge >= 0.3 is 0 Å². The molecule has 27 heavy (non-hydrogen) atoms. The molecule has 0 atom stereocenters. The number of hydrogen-bond acceptors (Lipinski definition) is 4. The Hall–Kier alpha value is -2.95. The standard InChI is InChI=1S/C22H23NO4/c1-4-23(11-16-6-8-19-20(9-16)27-13-26-19)21(24)10-17-12-25-22-15(3)14(2)5-7-18(17)22/h5-9,12H,4,10-11,13H2,1-3H3. The van der Waals surface area contributed by atoms with Crippen LogP contribution in [0.1, 0.15) is 29.2 Å². The van der Waals surface area contributed by atoms with Gasteiger partial charge in [0.1, 0.15) is 5.58 Å². The number of hydrogen-bond donors (Lipinski definition) is 0. The van der Waals surface area contributed by atoms with Gasteiger partial charge in [0.25, 0.3) is 0 Å². The molecule has 1 amide bonds. The second kappa shape index (κ2) is 6.99. The number of nitrogens with zero attached hydrogens (tertiary/aromatic N) is 1. The molecule has 0 saturated carbocycles. The highest BCUT2D eigenvalue weighted by Crippen LogP contribution is 2.33. The Labute approximate surface area is 158 Å². The highest BCUT2D eigenvalue weighted by atomic mass is 16.7. The fourth-order valence-electron chi connectivity index (χ4n) is 3.44. The van der Waals surface area contributed by atoms with Crippen LogP contribution >= 0.6 is 0 Å². The van der Waals surface area contributed by atoms with Crippen molar-refractivity contribution in [2.45, 2.75) is 33.7 Å². The smallest absolute Gasteiger partial charge is 0.231 e. The second-order valence-corrected chi connectivity index (χ2v) is 6.92. The summed E-state index contributed by atoms with van der Waals surface area (Å²) in [5.41, 5.74) is 5.14. The van der Waals surface area contributed by atoms with Gasteiger partial charge in [-0.25, -0.2) is 0 Å². The van der Waals surface area contributed by atoms with E-state index in [1.165, 1.54) is 5.56 Å². The Morgan fingerprint density at radius 3 is 2.74 bits per heavy atom. The number of aryl methyl sites for hydroxylation is 2. The fraction of sp³-hybridized carbons (Fsp3) is 0.318. The molecule has 0 fully saturated rings. The summed E-state index contributed by atoms with van der Waals surface area (Å²) in [6, 6.07) is 9.93. The van der Waals surface area contributed by atoms with Crippen molar-refractivity contribution in [3.63, 3.8) is 0 Å². The van der Waals surface area contributed by atoms with E-state index in [1.54, 1.807) is 6.26 Å². The number of benzene rings is 2. The molecule has 3 aromatic rings. The summed E-state index contributed by atoms with van der Waals surface area (Å²) in [6.07, 6.45) is 2.04. The second-order valence-electron chi connectivity index (χ2n) is 6.92. The SMILES string of the molecule is CCN(Cc1ccc2c(c1)OCO2)C(=O)Cc1coc2c(C)c(C)ccc12. The van der Waals surface area contributed by atoms with E-state index in [4.69, 9.17) is 13.9 Å². The van der Waals surface area contributed by atoms with Gasteiger partial charge in [0.05, 0.1) is 12.7 Å². The number of rotatable bonds is 5. The molecule has 0 N–H and O–H groups in total. The van der Waals surface area contributed by atoms with Crippen molar-refractivity contribution < 1.29 is 18.7 Å². The van der Waals surface area contributed by atoms with E-state index in [-0.39, 0.29) is 12.7 Å². The van der Waals surface area contributed by atoms with Crippen LogP contribution in [0.5, 0.6) is 11.5 Å². The van der Waals surface area contributed by atoms with Crippen LogP contribution in [0.25, 0.3) is 11.0 Å². The van der Waals surface area contributed by atoms with Gasteiger partial charge in [-0.05, 0) is 49.6 Å². The summed E-state index contributed by atoms with van der Waals surface area (Å²) < 4.78 is 16.5. The largest absolute Gasteiger partial charge is 0.464 e. The van der Waals surface area contributed by atoms with Gasteiger partial charge in [-0.15, -0.1) is 0 Å². The number of amides is 1. The quantitative estimate of drug-likeness (QED) is 0.674. The molecule has 0 aliphatic carbocycles. The summed E-state index contributed by atoms with van der Waals surface area (Å²) in [5, 5.41) is 1.02. The van der Waals surface area contributed by atoms with Crippen LogP contribution < -0.4 is 9.47 Å². The monoisotopic (exact) mass is 365 g/mol. The summed E-state index contributed by atoms with van der Waals surface area (Å²) in [4.78, 5) is 14.7. The zero-order valence-corrected chi connectivity index (χ0v) is 15.9. The minimum atomic E-state index is 0.0797. The van der Waals surface area contributed by atoms with Gasteiger partial charge in [-0.1, -0.05) is 18.2 Å². The lowest BCUT2D eigenvalue weighted by Crippen LogP contribution is -2.31. The zero-order chi connectivity index (χ0) is 19.0. The van der Waals surface area contributed by atoms with E-state index in [0.29, 0.717) is 19.5 Å². The molecule has 0 unspecified atom stereocenters. The first kappa shape index (κ1) is 17.5. The first-order valence-electron chi connectivity index (χ1n) is 9.19. The van der Waals surface area contributed by atoms with Crippen molar-refractivity contribution >= 4 is 16.9 Å². The third-order valence-corrected chi connectivity index (χ3v) is 5.23. The van der Waals surface area contributed by atoms with Crippen LogP contribution in [-0.2, 0) is 17.8 Å². The van der Waals surface area contributed by atoms with Crippen molar-refractivity contribution in [1.82, 2.24) is 4.90 Å². The summed E-state index contributed by atoms with van der Waals surface area (Å²) in [5.74, 6) is 1.57. The fourth-order valence-corrected chi connectivity index (χ4v) is 3.44. The normalized spacial score (nSPS) is 12.6. The van der Waals surface area contributed by atoms with Gasteiger partial charge in [0.15, 0.2) is 11.5 Å². The van der Waals surface area contributed by atoms with Crippen molar-refractivity contribution in [3.05, 3.63) is 58.8 Å². The maximum Gasteiger partial charge on any atom is 0.231 e. The molecule has 4 rings (SSSR count). The van der Waals surface area contributed by atoms with Crippen LogP contribution in [-0.4, -0.2) is 24.1 Å². The summed E-state index contributed by atoms with van der Waals surface area (Å²) in [7, 11) is 0. The van der Waals surface area contributed by atoms with Gasteiger partial charge in [0, 0.05) is 24.0 Å². The average Bonchev–Trinajstić information content (AvgIpc) is 3.29. The van der Waals surface area contributed by atoms with E-state index >= 15 is 0 Å². The molecule has 2 heterocycles. The molecule has 0 saturated heterocycles. The van der Waals surface area contributed by atoms with Crippen molar-refractivity contribution in [2.24, 2.45) is 0 Å². The number of carbonyl (C=O) groups is 1. The van der Waals surface area contributed by atoms with Gasteiger partial charge < -0.3 is 18.8 Å². The highest BCUT2D eigenvalue weighted by molar-refractivity contribution is 5.89. The maximum atomic E-state index is 12.9. The molecule has 5 heteroatoms. The predicted octanol–water partition coefficient (Wildman–Crippen LogP) is 4.37. The molecule has 2 aromatic carbocycles. The molecule has 1 aromatic heterocycles. The molecule has 0 bridgehead atoms. The predicted molar refractivity (Wildman–Crippen MR) is 103 cm³/mol. The lowest BCUT2D eigenvalue weighted by molar-refractivity contribution is -0.130. The van der Waals surface area contributed by atoms with Crippen LogP contribution in [0.3, 0.4) is 0 Å². The molecular formula is C22H23NO4. The first-order valence-corrected chi connectivity index (χ1v) is 9.19. The minimum absolute atomic E-state index is 0.0797. The van der Waals surface area contributed by atoms with E-state index in [2.05, 4.69) is 13.0 Å². The van der Waals surface area contributed by atoms with Gasteiger partial charge in [-0.2, -0.15) is 0 Å². The Morgan fingerprint density at radius 2 is 1.93 bits per heavy atom. The number of ether oxygens (including phenoxy) is 2. The lowest BCUT2D eigenvalue weighted by atomic mass is 10.0. The average molecular weight is 365 g/mol. The number of carbonyl (C=O) groups excluding carboxylic acids is 1. The maximum absolute atomic E-state index is 12.9. The molecule has 1 aliphatic heterocycles. The number of furan rings is 1. The highest BCUT2D eigenvalue weighted by Gasteiger charge is 2.19. The van der Waals surface area contributed by atoms with Gasteiger partial charge in [0.2, 0.25) is 12.7 Å². The Morgan fingerprint density at radius 1 is 1.11 bits per heavy atom. The lowest BCUT2D eigenvalue weighted by Gasteiger charge is -2.21. The molecule has 1 aliphatic rings. The molecule has 0 spiro atoms. The van der Waals surface area contributed by atoms with E-state index in [1.807, 2.05) is 43.0 Å². The zero-order valence-electron chi connectivity index (χ0n) is 15.9. The molecule has 0 radical (unpaired) electrons. The summed E-state index contributed by atoms with van der Waals surface area (Å²) >= 11 is 0. The minimum Gasteiger partial charge on any atom is -0.464 e. The van der Waals surface area contributed by atoms with Crippen molar-refractivity contribution in [1.29, 1.82) is 0 Å².